The molecular weight excluding hydrogens is 271 g/mol. The number of fused-ring (bicyclic) bond motifs is 3. The first-order valence-corrected chi connectivity index (χ1v) is 6.48. The van der Waals surface area contributed by atoms with Gasteiger partial charge in [-0.1, -0.05) is 6.07 Å². The topological polar surface area (TPSA) is 45.2 Å². The van der Waals surface area contributed by atoms with Gasteiger partial charge in [0.1, 0.15) is 11.5 Å². The highest BCUT2D eigenvalue weighted by Crippen LogP contribution is 2.34. The Hall–Kier alpha value is -1.63. The second kappa shape index (κ2) is 4.44. The van der Waals surface area contributed by atoms with Crippen LogP contribution in [0.2, 0.25) is 0 Å². The van der Waals surface area contributed by atoms with Crippen LogP contribution < -0.4 is 10.2 Å². The third kappa shape index (κ3) is 2.06. The Morgan fingerprint density at radius 2 is 2.15 bits per heavy atom. The minimum absolute atomic E-state index is 0.152. The summed E-state index contributed by atoms with van der Waals surface area (Å²) in [5.74, 6) is -1.36. The fourth-order valence-electron chi connectivity index (χ4n) is 2.95. The molecule has 1 fully saturated rings. The van der Waals surface area contributed by atoms with Crippen LogP contribution in [-0.2, 0) is 6.42 Å². The molecule has 2 aliphatic heterocycles. The van der Waals surface area contributed by atoms with E-state index in [0.29, 0.717) is 5.82 Å². The highest BCUT2D eigenvalue weighted by molar-refractivity contribution is 5.99. The maximum atomic E-state index is 12.5. The number of alkyl halides is 3. The molecule has 7 heteroatoms. The molecule has 1 aromatic rings. The number of halogens is 3. The molecule has 3 heterocycles. The third-order valence-electron chi connectivity index (χ3n) is 3.83. The molecule has 108 valence electrons. The van der Waals surface area contributed by atoms with E-state index in [1.807, 2.05) is 11.8 Å². The van der Waals surface area contributed by atoms with Crippen LogP contribution in [0.1, 0.15) is 23.0 Å². The fourth-order valence-corrected chi connectivity index (χ4v) is 2.95. The predicted molar refractivity (Wildman–Crippen MR) is 66.9 cm³/mol. The van der Waals surface area contributed by atoms with Crippen LogP contribution in [0.5, 0.6) is 0 Å². The van der Waals surface area contributed by atoms with Crippen LogP contribution in [0.25, 0.3) is 0 Å². The summed E-state index contributed by atoms with van der Waals surface area (Å²) in [5.41, 5.74) is 0.381. The number of piperazine rings is 1. The SMILES string of the molecule is C[C@@H]1CNC[C@H]2Cc3ccc(C(=O)C(F)(F)F)nc3N21. The molecule has 0 saturated carbocycles. The first-order valence-electron chi connectivity index (χ1n) is 6.48. The van der Waals surface area contributed by atoms with Gasteiger partial charge in [0, 0.05) is 25.2 Å². The van der Waals surface area contributed by atoms with Crippen molar-refractivity contribution in [3.8, 4) is 0 Å². The summed E-state index contributed by atoms with van der Waals surface area (Å²) in [6.07, 6.45) is -4.13. The van der Waals surface area contributed by atoms with Gasteiger partial charge in [-0.3, -0.25) is 4.79 Å². The minimum Gasteiger partial charge on any atom is -0.348 e. The summed E-state index contributed by atoms with van der Waals surface area (Å²) < 4.78 is 37.4. The number of carbonyl (C=O) groups excluding carboxylic acids is 1. The Kier molecular flexibility index (Phi) is 2.97. The Balaban J connectivity index is 1.98. The van der Waals surface area contributed by atoms with Crippen molar-refractivity contribution in [2.24, 2.45) is 0 Å². The summed E-state index contributed by atoms with van der Waals surface area (Å²) in [5, 5.41) is 3.29. The van der Waals surface area contributed by atoms with E-state index >= 15 is 0 Å². The molecule has 2 aliphatic rings. The van der Waals surface area contributed by atoms with Crippen molar-refractivity contribution < 1.29 is 18.0 Å². The van der Waals surface area contributed by atoms with Crippen molar-refractivity contribution in [3.05, 3.63) is 23.4 Å². The molecule has 1 aromatic heterocycles. The van der Waals surface area contributed by atoms with Crippen LogP contribution in [0.3, 0.4) is 0 Å². The lowest BCUT2D eigenvalue weighted by molar-refractivity contribution is -0.0888. The zero-order valence-electron chi connectivity index (χ0n) is 10.9. The van der Waals surface area contributed by atoms with E-state index in [1.165, 1.54) is 6.07 Å². The first kappa shape index (κ1) is 13.4. The Bertz CT molecular complexity index is 558. The zero-order valence-corrected chi connectivity index (χ0v) is 10.9. The lowest BCUT2D eigenvalue weighted by atomic mass is 10.1. The molecule has 0 aromatic carbocycles. The van der Waals surface area contributed by atoms with Gasteiger partial charge in [-0.2, -0.15) is 13.2 Å². The highest BCUT2D eigenvalue weighted by Gasteiger charge is 2.42. The first-order chi connectivity index (χ1) is 9.38. The number of nitrogens with one attached hydrogen (secondary N) is 1. The molecule has 0 spiro atoms. The molecule has 1 saturated heterocycles. The normalized spacial score (nSPS) is 25.3. The zero-order chi connectivity index (χ0) is 14.5. The molecule has 20 heavy (non-hydrogen) atoms. The summed E-state index contributed by atoms with van der Waals surface area (Å²) in [4.78, 5) is 17.3. The quantitative estimate of drug-likeness (QED) is 0.795. The Morgan fingerprint density at radius 3 is 2.85 bits per heavy atom. The third-order valence-corrected chi connectivity index (χ3v) is 3.83. The van der Waals surface area contributed by atoms with E-state index < -0.39 is 17.7 Å². The van der Waals surface area contributed by atoms with E-state index in [1.54, 1.807) is 6.07 Å². The monoisotopic (exact) mass is 285 g/mol. The van der Waals surface area contributed by atoms with Gasteiger partial charge in [0.25, 0.3) is 5.78 Å². The Labute approximate surface area is 114 Å². The van der Waals surface area contributed by atoms with Gasteiger partial charge in [0.2, 0.25) is 0 Å². The van der Waals surface area contributed by atoms with Gasteiger partial charge in [-0.05, 0) is 25.0 Å². The smallest absolute Gasteiger partial charge is 0.348 e. The van der Waals surface area contributed by atoms with Crippen molar-refractivity contribution in [2.45, 2.75) is 31.6 Å². The minimum atomic E-state index is -4.88. The van der Waals surface area contributed by atoms with Crippen molar-refractivity contribution in [3.63, 3.8) is 0 Å². The van der Waals surface area contributed by atoms with E-state index in [0.717, 1.165) is 25.1 Å². The van der Waals surface area contributed by atoms with Crippen LogP contribution in [0.15, 0.2) is 12.1 Å². The van der Waals surface area contributed by atoms with E-state index in [4.69, 9.17) is 0 Å². The number of pyridine rings is 1. The molecule has 4 nitrogen and oxygen atoms in total. The van der Waals surface area contributed by atoms with Crippen LogP contribution in [0.4, 0.5) is 19.0 Å². The second-order valence-corrected chi connectivity index (χ2v) is 5.28. The largest absolute Gasteiger partial charge is 0.456 e. The van der Waals surface area contributed by atoms with Crippen molar-refractivity contribution in [1.82, 2.24) is 10.3 Å². The molecule has 0 amide bonds. The summed E-state index contributed by atoms with van der Waals surface area (Å²) in [6, 6.07) is 3.12. The number of rotatable bonds is 1. The molecule has 0 aliphatic carbocycles. The van der Waals surface area contributed by atoms with E-state index in [2.05, 4.69) is 10.3 Å². The molecule has 0 radical (unpaired) electrons. The van der Waals surface area contributed by atoms with Crippen molar-refractivity contribution in [1.29, 1.82) is 0 Å². The van der Waals surface area contributed by atoms with Gasteiger partial charge in [-0.15, -0.1) is 0 Å². The number of aromatic nitrogens is 1. The van der Waals surface area contributed by atoms with Crippen LogP contribution in [-0.4, -0.2) is 42.1 Å². The number of anilines is 1. The summed E-state index contributed by atoms with van der Waals surface area (Å²) in [7, 11) is 0. The predicted octanol–water partition coefficient (Wildman–Crippen LogP) is 1.55. The standard InChI is InChI=1S/C13H14F3N3O/c1-7-5-17-6-9-4-8-2-3-10(11(20)13(14,15)16)18-12(8)19(7)9/h2-3,7,9,17H,4-6H2,1H3/t7-,9-/m1/s1. The van der Waals surface area contributed by atoms with Gasteiger partial charge >= 0.3 is 6.18 Å². The average Bonchev–Trinajstić information content (AvgIpc) is 2.75. The van der Waals surface area contributed by atoms with E-state index in [9.17, 15) is 18.0 Å². The number of carbonyl (C=O) groups is 1. The lowest BCUT2D eigenvalue weighted by Crippen LogP contribution is -2.55. The van der Waals surface area contributed by atoms with Crippen LogP contribution in [0, 0.1) is 0 Å². The Morgan fingerprint density at radius 1 is 1.40 bits per heavy atom. The second-order valence-electron chi connectivity index (χ2n) is 5.28. The molecule has 1 N–H and O–H groups in total. The number of ketones is 1. The number of hydrogen-bond donors (Lipinski definition) is 1. The lowest BCUT2D eigenvalue weighted by Gasteiger charge is -2.37. The molecule has 3 rings (SSSR count). The number of nitrogens with zero attached hydrogens (tertiary/aromatic N) is 2. The average molecular weight is 285 g/mol. The fraction of sp³-hybridized carbons (Fsp3) is 0.538. The molecule has 2 atom stereocenters. The number of Topliss-reactive ketones (excluding diaryl/α,β-unsaturated/α-hetero) is 1. The van der Waals surface area contributed by atoms with Gasteiger partial charge in [-0.25, -0.2) is 4.98 Å². The van der Waals surface area contributed by atoms with Crippen molar-refractivity contribution >= 4 is 11.6 Å². The highest BCUT2D eigenvalue weighted by atomic mass is 19.4. The summed E-state index contributed by atoms with van der Waals surface area (Å²) >= 11 is 0. The van der Waals surface area contributed by atoms with Crippen LogP contribution >= 0.6 is 0 Å². The van der Waals surface area contributed by atoms with E-state index in [-0.39, 0.29) is 12.1 Å². The summed E-state index contributed by atoms with van der Waals surface area (Å²) in [6.45, 7) is 3.53. The van der Waals surface area contributed by atoms with Gasteiger partial charge < -0.3 is 10.2 Å². The van der Waals surface area contributed by atoms with Crippen molar-refractivity contribution in [2.75, 3.05) is 18.0 Å². The molecule has 0 bridgehead atoms. The maximum absolute atomic E-state index is 12.5. The maximum Gasteiger partial charge on any atom is 0.456 e. The number of hydrogen-bond acceptors (Lipinski definition) is 4. The van der Waals surface area contributed by atoms with Gasteiger partial charge in [0.15, 0.2) is 0 Å². The molecule has 0 unspecified atom stereocenters. The van der Waals surface area contributed by atoms with Gasteiger partial charge in [0.05, 0.1) is 0 Å². The molecular formula is C13H14F3N3O.